The van der Waals surface area contributed by atoms with E-state index in [0.717, 1.165) is 4.88 Å². The van der Waals surface area contributed by atoms with E-state index in [1.165, 1.54) is 39.9 Å². The van der Waals surface area contributed by atoms with Gasteiger partial charge in [0.25, 0.3) is 11.8 Å². The molecule has 0 saturated heterocycles. The number of hydrogen-bond donors (Lipinski definition) is 1. The molecule has 1 amide bonds. The van der Waals surface area contributed by atoms with Crippen molar-refractivity contribution in [3.63, 3.8) is 0 Å². The van der Waals surface area contributed by atoms with Crippen molar-refractivity contribution in [2.45, 2.75) is 18.7 Å². The van der Waals surface area contributed by atoms with Crippen molar-refractivity contribution in [3.8, 4) is 10.8 Å². The third-order valence-corrected chi connectivity index (χ3v) is 6.76. The van der Waals surface area contributed by atoms with Crippen molar-refractivity contribution < 1.29 is 17.6 Å². The zero-order valence-corrected chi connectivity index (χ0v) is 16.4. The van der Waals surface area contributed by atoms with E-state index in [0.29, 0.717) is 19.0 Å². The Hall–Kier alpha value is -2.56. The molecule has 2 heterocycles. The summed E-state index contributed by atoms with van der Waals surface area (Å²) >= 11 is 1.44. The highest BCUT2D eigenvalue weighted by Crippen LogP contribution is 2.24. The van der Waals surface area contributed by atoms with Crippen LogP contribution in [0.4, 0.5) is 6.01 Å². The van der Waals surface area contributed by atoms with Crippen LogP contribution in [-0.2, 0) is 10.0 Å². The molecule has 0 saturated carbocycles. The van der Waals surface area contributed by atoms with Gasteiger partial charge in [-0.25, -0.2) is 8.42 Å². The molecule has 0 spiro atoms. The largest absolute Gasteiger partial charge is 0.402 e. The summed E-state index contributed by atoms with van der Waals surface area (Å²) in [6.45, 7) is 4.31. The lowest BCUT2D eigenvalue weighted by atomic mass is 10.2. The number of nitrogens with zero attached hydrogens (tertiary/aromatic N) is 3. The Balaban J connectivity index is 1.73. The van der Waals surface area contributed by atoms with Crippen LogP contribution in [0.25, 0.3) is 10.8 Å². The van der Waals surface area contributed by atoms with Crippen LogP contribution in [0.5, 0.6) is 0 Å². The number of anilines is 1. The summed E-state index contributed by atoms with van der Waals surface area (Å²) in [4.78, 5) is 13.3. The fourth-order valence-electron chi connectivity index (χ4n) is 2.43. The Labute approximate surface area is 160 Å². The van der Waals surface area contributed by atoms with E-state index in [9.17, 15) is 13.2 Å². The molecule has 0 aliphatic rings. The van der Waals surface area contributed by atoms with E-state index in [4.69, 9.17) is 4.42 Å². The maximum Gasteiger partial charge on any atom is 0.322 e. The van der Waals surface area contributed by atoms with E-state index >= 15 is 0 Å². The van der Waals surface area contributed by atoms with Gasteiger partial charge in [-0.05, 0) is 35.7 Å². The highest BCUT2D eigenvalue weighted by Gasteiger charge is 2.22. The second kappa shape index (κ2) is 7.99. The first-order chi connectivity index (χ1) is 13.0. The molecular weight excluding hydrogens is 388 g/mol. The highest BCUT2D eigenvalue weighted by atomic mass is 32.2. The predicted octanol–water partition coefficient (Wildman–Crippen LogP) is 3.08. The number of amides is 1. The Morgan fingerprint density at radius 3 is 2.44 bits per heavy atom. The minimum Gasteiger partial charge on any atom is -0.402 e. The van der Waals surface area contributed by atoms with Crippen LogP contribution >= 0.6 is 11.3 Å². The number of rotatable bonds is 7. The topological polar surface area (TPSA) is 105 Å². The standard InChI is InChI=1S/C17H18N4O4S2/c1-3-21(4-2)27(23,24)13-9-7-12(8-10-13)15(22)18-17-20-19-16(25-17)14-6-5-11-26-14/h5-11H,3-4H2,1-2H3,(H,18,20,22). The van der Waals surface area contributed by atoms with E-state index in [1.807, 2.05) is 17.5 Å². The van der Waals surface area contributed by atoms with Gasteiger partial charge in [0.15, 0.2) is 0 Å². The fourth-order valence-corrected chi connectivity index (χ4v) is 4.54. The molecule has 0 fully saturated rings. The fraction of sp³-hybridized carbons (Fsp3) is 0.235. The molecule has 0 bridgehead atoms. The number of carbonyl (C=O) groups is 1. The van der Waals surface area contributed by atoms with Gasteiger partial charge >= 0.3 is 6.01 Å². The first-order valence-electron chi connectivity index (χ1n) is 8.24. The average molecular weight is 406 g/mol. The maximum atomic E-state index is 12.5. The SMILES string of the molecule is CCN(CC)S(=O)(=O)c1ccc(C(=O)Nc2nnc(-c3cccs3)o2)cc1. The van der Waals surface area contributed by atoms with Gasteiger partial charge in [-0.2, -0.15) is 4.31 Å². The molecule has 3 rings (SSSR count). The summed E-state index contributed by atoms with van der Waals surface area (Å²) in [5.74, 6) is -0.149. The molecule has 10 heteroatoms. The lowest BCUT2D eigenvalue weighted by Crippen LogP contribution is -2.30. The Morgan fingerprint density at radius 1 is 1.15 bits per heavy atom. The van der Waals surface area contributed by atoms with Crippen molar-refractivity contribution in [2.24, 2.45) is 0 Å². The van der Waals surface area contributed by atoms with Gasteiger partial charge < -0.3 is 4.42 Å². The number of thiophene rings is 1. The van der Waals surface area contributed by atoms with E-state index in [2.05, 4.69) is 15.5 Å². The molecule has 1 aromatic carbocycles. The molecule has 0 aliphatic heterocycles. The van der Waals surface area contributed by atoms with Gasteiger partial charge in [0.05, 0.1) is 9.77 Å². The van der Waals surface area contributed by atoms with Crippen molar-refractivity contribution in [3.05, 3.63) is 47.3 Å². The lowest BCUT2D eigenvalue weighted by Gasteiger charge is -2.18. The van der Waals surface area contributed by atoms with Gasteiger partial charge in [-0.1, -0.05) is 25.0 Å². The molecule has 0 radical (unpaired) electrons. The summed E-state index contributed by atoms with van der Waals surface area (Å²) in [6, 6.07) is 9.38. The minimum absolute atomic E-state index is 0.0248. The number of sulfonamides is 1. The van der Waals surface area contributed by atoms with Gasteiger partial charge in [-0.3, -0.25) is 10.1 Å². The molecular formula is C17H18N4O4S2. The summed E-state index contributed by atoms with van der Waals surface area (Å²) < 4.78 is 31.7. The normalized spacial score (nSPS) is 11.7. The van der Waals surface area contributed by atoms with Crippen LogP contribution in [0.15, 0.2) is 51.1 Å². The van der Waals surface area contributed by atoms with E-state index < -0.39 is 15.9 Å². The number of benzene rings is 1. The van der Waals surface area contributed by atoms with Gasteiger partial charge in [0.2, 0.25) is 10.0 Å². The first kappa shape index (κ1) is 19.2. The third-order valence-electron chi connectivity index (χ3n) is 3.84. The number of aromatic nitrogens is 2. The highest BCUT2D eigenvalue weighted by molar-refractivity contribution is 7.89. The van der Waals surface area contributed by atoms with E-state index in [-0.39, 0.29) is 16.5 Å². The Bertz CT molecular complexity index is 1010. The molecule has 3 aromatic rings. The van der Waals surface area contributed by atoms with Crippen molar-refractivity contribution in [1.82, 2.24) is 14.5 Å². The van der Waals surface area contributed by atoms with Crippen molar-refractivity contribution >= 4 is 33.3 Å². The monoisotopic (exact) mass is 406 g/mol. The molecule has 1 N–H and O–H groups in total. The van der Waals surface area contributed by atoms with Crippen LogP contribution in [0, 0.1) is 0 Å². The molecule has 0 unspecified atom stereocenters. The van der Waals surface area contributed by atoms with Crippen LogP contribution in [0.2, 0.25) is 0 Å². The predicted molar refractivity (Wildman–Crippen MR) is 102 cm³/mol. The Morgan fingerprint density at radius 2 is 1.85 bits per heavy atom. The molecule has 2 aromatic heterocycles. The quantitative estimate of drug-likeness (QED) is 0.646. The van der Waals surface area contributed by atoms with Gasteiger partial charge in [0.1, 0.15) is 0 Å². The van der Waals surface area contributed by atoms with Gasteiger partial charge in [-0.15, -0.1) is 16.4 Å². The number of nitrogens with one attached hydrogen (secondary N) is 1. The first-order valence-corrected chi connectivity index (χ1v) is 10.6. The van der Waals surface area contributed by atoms with Crippen LogP contribution < -0.4 is 5.32 Å². The molecule has 0 atom stereocenters. The summed E-state index contributed by atoms with van der Waals surface area (Å²) in [5.41, 5.74) is 0.282. The third kappa shape index (κ3) is 4.07. The van der Waals surface area contributed by atoms with Crippen LogP contribution in [-0.4, -0.2) is 41.9 Å². The minimum atomic E-state index is -3.56. The second-order valence-electron chi connectivity index (χ2n) is 5.46. The Kier molecular flexibility index (Phi) is 5.68. The maximum absolute atomic E-state index is 12.5. The van der Waals surface area contributed by atoms with Crippen molar-refractivity contribution in [2.75, 3.05) is 18.4 Å². The zero-order chi connectivity index (χ0) is 19.4. The molecule has 142 valence electrons. The second-order valence-corrected chi connectivity index (χ2v) is 8.34. The number of carbonyl (C=O) groups excluding carboxylic acids is 1. The molecule has 0 aliphatic carbocycles. The van der Waals surface area contributed by atoms with Gasteiger partial charge in [0, 0.05) is 18.7 Å². The van der Waals surface area contributed by atoms with Crippen molar-refractivity contribution in [1.29, 1.82) is 0 Å². The average Bonchev–Trinajstić information content (AvgIpc) is 3.34. The van der Waals surface area contributed by atoms with Crippen LogP contribution in [0.1, 0.15) is 24.2 Å². The summed E-state index contributed by atoms with van der Waals surface area (Å²) in [6.07, 6.45) is 0. The summed E-state index contributed by atoms with van der Waals surface area (Å²) in [5, 5.41) is 12.1. The molecule has 8 nitrogen and oxygen atoms in total. The zero-order valence-electron chi connectivity index (χ0n) is 14.7. The smallest absolute Gasteiger partial charge is 0.322 e. The number of hydrogen-bond acceptors (Lipinski definition) is 7. The molecule has 27 heavy (non-hydrogen) atoms. The van der Waals surface area contributed by atoms with Crippen LogP contribution in [0.3, 0.4) is 0 Å². The summed E-state index contributed by atoms with van der Waals surface area (Å²) in [7, 11) is -3.56. The lowest BCUT2D eigenvalue weighted by molar-refractivity contribution is 0.102. The van der Waals surface area contributed by atoms with E-state index in [1.54, 1.807) is 13.8 Å².